The molecule has 1 amide bonds. The molecule has 114 valence electrons. The molecule has 0 saturated heterocycles. The van der Waals surface area contributed by atoms with Crippen molar-refractivity contribution >= 4 is 18.0 Å². The first-order valence-corrected chi connectivity index (χ1v) is 7.15. The van der Waals surface area contributed by atoms with Gasteiger partial charge in [-0.05, 0) is 44.4 Å². The zero-order valence-corrected chi connectivity index (χ0v) is 13.1. The Balaban J connectivity index is 2.86. The number of hydrogen-bond acceptors (Lipinski definition) is 2. The van der Waals surface area contributed by atoms with Gasteiger partial charge in [0.2, 0.25) is 5.91 Å². The Morgan fingerprint density at radius 2 is 1.76 bits per heavy atom. The predicted octanol–water partition coefficient (Wildman–Crippen LogP) is 2.97. The highest BCUT2D eigenvalue weighted by molar-refractivity contribution is 5.95. The highest BCUT2D eigenvalue weighted by atomic mass is 16.4. The fraction of sp³-hybridized carbons (Fsp3) is 0.412. The van der Waals surface area contributed by atoms with E-state index < -0.39 is 11.5 Å². The average molecular weight is 289 g/mol. The molecule has 0 radical (unpaired) electrons. The number of carboxylic acid groups (broad SMARTS) is 1. The molecule has 0 aliphatic heterocycles. The van der Waals surface area contributed by atoms with Crippen molar-refractivity contribution < 1.29 is 14.7 Å². The van der Waals surface area contributed by atoms with Crippen molar-refractivity contribution in [1.82, 2.24) is 4.90 Å². The molecule has 1 N–H and O–H groups in total. The molecular weight excluding hydrogens is 266 g/mol. The summed E-state index contributed by atoms with van der Waals surface area (Å²) < 4.78 is 0. The summed E-state index contributed by atoms with van der Waals surface area (Å²) in [7, 11) is 0. The van der Waals surface area contributed by atoms with Gasteiger partial charge in [-0.25, -0.2) is 4.79 Å². The third-order valence-electron chi connectivity index (χ3n) is 3.59. The largest absolute Gasteiger partial charge is 0.480 e. The number of aliphatic carboxylic acids is 1. The Morgan fingerprint density at radius 1 is 1.19 bits per heavy atom. The van der Waals surface area contributed by atoms with Gasteiger partial charge >= 0.3 is 5.97 Å². The molecule has 0 atom stereocenters. The molecule has 0 aliphatic rings. The number of carbonyl (C=O) groups excluding carboxylic acids is 1. The van der Waals surface area contributed by atoms with Crippen molar-refractivity contribution in [2.45, 2.75) is 39.7 Å². The summed E-state index contributed by atoms with van der Waals surface area (Å²) in [5, 5.41) is 9.22. The lowest BCUT2D eigenvalue weighted by molar-refractivity contribution is -0.154. The third-order valence-corrected chi connectivity index (χ3v) is 3.59. The van der Waals surface area contributed by atoms with Gasteiger partial charge in [0.15, 0.2) is 0 Å². The van der Waals surface area contributed by atoms with Gasteiger partial charge in [-0.15, -0.1) is 0 Å². The van der Waals surface area contributed by atoms with Crippen molar-refractivity contribution in [3.63, 3.8) is 0 Å². The van der Waals surface area contributed by atoms with Crippen molar-refractivity contribution in [3.05, 3.63) is 41.5 Å². The Bertz CT molecular complexity index is 529. The Morgan fingerprint density at radius 3 is 2.19 bits per heavy atom. The topological polar surface area (TPSA) is 57.6 Å². The minimum Gasteiger partial charge on any atom is -0.480 e. The van der Waals surface area contributed by atoms with Crippen molar-refractivity contribution in [1.29, 1.82) is 0 Å². The van der Waals surface area contributed by atoms with E-state index in [9.17, 15) is 14.7 Å². The molecule has 0 fully saturated rings. The van der Waals surface area contributed by atoms with E-state index >= 15 is 0 Å². The average Bonchev–Trinajstić information content (AvgIpc) is 2.46. The summed E-state index contributed by atoms with van der Waals surface area (Å²) in [6, 6.07) is 7.92. The van der Waals surface area contributed by atoms with Crippen molar-refractivity contribution in [2.24, 2.45) is 0 Å². The minimum atomic E-state index is -1.22. The van der Waals surface area contributed by atoms with Gasteiger partial charge in [0.25, 0.3) is 0 Å². The summed E-state index contributed by atoms with van der Waals surface area (Å²) in [5.74, 6) is -1.32. The molecule has 0 aromatic heterocycles. The lowest BCUT2D eigenvalue weighted by Gasteiger charge is -2.33. The standard InChI is InChI=1S/C17H23NO3/c1-5-13-7-9-14(10-8-13)11-12-15(19)18(6-2)17(3,4)16(20)21/h7-12H,5-6H2,1-4H3,(H,20,21). The molecule has 4 nitrogen and oxygen atoms in total. The number of hydrogen-bond donors (Lipinski definition) is 1. The Labute approximate surface area is 126 Å². The van der Waals surface area contributed by atoms with Crippen LogP contribution < -0.4 is 0 Å². The van der Waals surface area contributed by atoms with E-state index in [1.54, 1.807) is 13.0 Å². The summed E-state index contributed by atoms with van der Waals surface area (Å²) in [6.07, 6.45) is 4.11. The van der Waals surface area contributed by atoms with Crippen LogP contribution >= 0.6 is 0 Å². The molecule has 0 spiro atoms. The number of nitrogens with zero attached hydrogens (tertiary/aromatic N) is 1. The molecule has 0 heterocycles. The number of carboxylic acids is 1. The number of rotatable bonds is 6. The normalized spacial score (nSPS) is 11.6. The van der Waals surface area contributed by atoms with Crippen LogP contribution in [0.4, 0.5) is 0 Å². The van der Waals surface area contributed by atoms with Crippen LogP contribution in [0.15, 0.2) is 30.3 Å². The maximum atomic E-state index is 12.2. The van der Waals surface area contributed by atoms with Crippen LogP contribution in [0.3, 0.4) is 0 Å². The van der Waals surface area contributed by atoms with Gasteiger partial charge in [0.1, 0.15) is 5.54 Å². The van der Waals surface area contributed by atoms with Crippen LogP contribution in [-0.2, 0) is 16.0 Å². The van der Waals surface area contributed by atoms with Crippen LogP contribution in [0.25, 0.3) is 6.08 Å². The Kier molecular flexibility index (Phi) is 5.70. The highest BCUT2D eigenvalue weighted by Crippen LogP contribution is 2.16. The first kappa shape index (κ1) is 17.0. The zero-order valence-electron chi connectivity index (χ0n) is 13.1. The van der Waals surface area contributed by atoms with Crippen LogP contribution in [0, 0.1) is 0 Å². The van der Waals surface area contributed by atoms with Crippen LogP contribution in [-0.4, -0.2) is 34.0 Å². The van der Waals surface area contributed by atoms with Gasteiger partial charge in [-0.1, -0.05) is 31.2 Å². The lowest BCUT2D eigenvalue weighted by atomic mass is 10.0. The highest BCUT2D eigenvalue weighted by Gasteiger charge is 2.35. The number of aryl methyl sites for hydroxylation is 1. The Hall–Kier alpha value is -2.10. The third kappa shape index (κ3) is 4.18. The molecule has 0 unspecified atom stereocenters. The SMILES string of the molecule is CCc1ccc(C=CC(=O)N(CC)C(C)(C)C(=O)O)cc1. The molecular formula is C17H23NO3. The number of carbonyl (C=O) groups is 2. The summed E-state index contributed by atoms with van der Waals surface area (Å²) in [6.45, 7) is 7.26. The molecule has 1 aromatic rings. The van der Waals surface area contributed by atoms with Gasteiger partial charge in [0, 0.05) is 12.6 Å². The molecule has 21 heavy (non-hydrogen) atoms. The van der Waals surface area contributed by atoms with Gasteiger partial charge < -0.3 is 10.0 Å². The molecule has 0 aliphatic carbocycles. The van der Waals surface area contributed by atoms with Crippen LogP contribution in [0.1, 0.15) is 38.8 Å². The second-order valence-corrected chi connectivity index (χ2v) is 5.38. The maximum Gasteiger partial charge on any atom is 0.329 e. The van der Waals surface area contributed by atoms with Crippen molar-refractivity contribution in [2.75, 3.05) is 6.54 Å². The lowest BCUT2D eigenvalue weighted by Crippen LogP contribution is -2.52. The van der Waals surface area contributed by atoms with Crippen molar-refractivity contribution in [3.8, 4) is 0 Å². The van der Waals surface area contributed by atoms with E-state index in [0.717, 1.165) is 12.0 Å². The monoisotopic (exact) mass is 289 g/mol. The van der Waals surface area contributed by atoms with Gasteiger partial charge in [-0.3, -0.25) is 4.79 Å². The summed E-state index contributed by atoms with van der Waals surface area (Å²) in [5.41, 5.74) is 0.938. The second kappa shape index (κ2) is 7.07. The van der Waals surface area contributed by atoms with E-state index in [0.29, 0.717) is 6.54 Å². The fourth-order valence-corrected chi connectivity index (χ4v) is 2.06. The summed E-state index contributed by atoms with van der Waals surface area (Å²) in [4.78, 5) is 24.8. The molecule has 0 bridgehead atoms. The van der Waals surface area contributed by atoms with Gasteiger partial charge in [0.05, 0.1) is 0 Å². The zero-order chi connectivity index (χ0) is 16.0. The maximum absolute atomic E-state index is 12.2. The van der Waals surface area contributed by atoms with E-state index in [-0.39, 0.29) is 5.91 Å². The van der Waals surface area contributed by atoms with E-state index in [1.165, 1.54) is 30.4 Å². The van der Waals surface area contributed by atoms with Crippen LogP contribution in [0.5, 0.6) is 0 Å². The molecule has 0 saturated carbocycles. The van der Waals surface area contributed by atoms with Gasteiger partial charge in [-0.2, -0.15) is 0 Å². The molecule has 1 rings (SSSR count). The molecule has 4 heteroatoms. The predicted molar refractivity (Wildman–Crippen MR) is 84.0 cm³/mol. The quantitative estimate of drug-likeness (QED) is 0.819. The van der Waals surface area contributed by atoms with E-state index in [4.69, 9.17) is 0 Å². The number of amides is 1. The first-order chi connectivity index (χ1) is 9.82. The van der Waals surface area contributed by atoms with E-state index in [1.807, 2.05) is 24.3 Å². The minimum absolute atomic E-state index is 0.301. The smallest absolute Gasteiger partial charge is 0.329 e. The second-order valence-electron chi connectivity index (χ2n) is 5.38. The molecule has 1 aromatic carbocycles. The van der Waals surface area contributed by atoms with Crippen LogP contribution in [0.2, 0.25) is 0 Å². The number of likely N-dealkylation sites (N-methyl/N-ethyl adjacent to an activating group) is 1. The first-order valence-electron chi connectivity index (χ1n) is 7.15. The van der Waals surface area contributed by atoms with E-state index in [2.05, 4.69) is 6.92 Å². The summed E-state index contributed by atoms with van der Waals surface area (Å²) >= 11 is 0. The fourth-order valence-electron chi connectivity index (χ4n) is 2.06. The number of benzene rings is 1.